The Morgan fingerprint density at radius 2 is 2.05 bits per heavy atom. The summed E-state index contributed by atoms with van der Waals surface area (Å²) in [5.74, 6) is 0.801. The summed E-state index contributed by atoms with van der Waals surface area (Å²) in [6, 6.07) is 0.423. The highest BCUT2D eigenvalue weighted by molar-refractivity contribution is 7.88. The zero-order valence-corrected chi connectivity index (χ0v) is 12.5. The Hall–Kier alpha value is -1.08. The zero-order chi connectivity index (χ0) is 14.1. The predicted molar refractivity (Wildman–Crippen MR) is 78.7 cm³/mol. The molecular formula is C12H24N4O2S. The highest BCUT2D eigenvalue weighted by atomic mass is 32.2. The Balaban J connectivity index is 2.27. The molecule has 6 nitrogen and oxygen atoms in total. The summed E-state index contributed by atoms with van der Waals surface area (Å²) in [6.07, 6.45) is 8.23. The Morgan fingerprint density at radius 1 is 1.37 bits per heavy atom. The summed E-state index contributed by atoms with van der Waals surface area (Å²) in [6.45, 7) is 3.85. The largest absolute Gasteiger partial charge is 0.357 e. The van der Waals surface area contributed by atoms with Gasteiger partial charge in [0.05, 0.1) is 6.26 Å². The van der Waals surface area contributed by atoms with E-state index in [4.69, 9.17) is 0 Å². The Morgan fingerprint density at radius 3 is 2.63 bits per heavy atom. The van der Waals surface area contributed by atoms with Gasteiger partial charge in [-0.15, -0.1) is 0 Å². The summed E-state index contributed by atoms with van der Waals surface area (Å²) in [5, 5.41) is 6.55. The van der Waals surface area contributed by atoms with Gasteiger partial charge in [0.2, 0.25) is 10.0 Å². The first-order valence-corrected chi connectivity index (χ1v) is 8.55. The molecule has 0 aliphatic heterocycles. The lowest BCUT2D eigenvalue weighted by Gasteiger charge is -2.16. The van der Waals surface area contributed by atoms with Gasteiger partial charge < -0.3 is 10.6 Å². The highest BCUT2D eigenvalue weighted by Crippen LogP contribution is 2.08. The number of nitrogens with zero attached hydrogens (tertiary/aromatic N) is 1. The quantitative estimate of drug-likeness (QED) is 0.270. The molecule has 0 aromatic carbocycles. The van der Waals surface area contributed by atoms with Crippen molar-refractivity contribution in [1.29, 1.82) is 0 Å². The van der Waals surface area contributed by atoms with Gasteiger partial charge in [0.15, 0.2) is 5.96 Å². The molecule has 1 aliphatic rings. The molecular weight excluding hydrogens is 264 g/mol. The van der Waals surface area contributed by atoms with Crippen LogP contribution in [0.2, 0.25) is 0 Å². The number of hydrogen-bond acceptors (Lipinski definition) is 3. The molecule has 0 amide bonds. The lowest BCUT2D eigenvalue weighted by Crippen LogP contribution is -2.42. The molecule has 1 aliphatic carbocycles. The zero-order valence-electron chi connectivity index (χ0n) is 11.6. The molecule has 0 bridgehead atoms. The number of guanidine groups is 1. The lowest BCUT2D eigenvalue weighted by atomic mass is 10.2. The van der Waals surface area contributed by atoms with Crippen molar-refractivity contribution in [2.24, 2.45) is 4.99 Å². The molecule has 1 rings (SSSR count). The number of sulfonamides is 1. The molecule has 110 valence electrons. The molecule has 0 saturated carbocycles. The molecule has 0 fully saturated rings. The summed E-state index contributed by atoms with van der Waals surface area (Å²) in [5.41, 5.74) is 0. The smallest absolute Gasteiger partial charge is 0.208 e. The van der Waals surface area contributed by atoms with Crippen molar-refractivity contribution in [2.45, 2.75) is 32.2 Å². The molecule has 0 heterocycles. The third-order valence-electron chi connectivity index (χ3n) is 2.66. The van der Waals surface area contributed by atoms with Gasteiger partial charge in [0, 0.05) is 25.7 Å². The first-order valence-electron chi connectivity index (χ1n) is 6.65. The van der Waals surface area contributed by atoms with Gasteiger partial charge in [0.1, 0.15) is 0 Å². The highest BCUT2D eigenvalue weighted by Gasteiger charge is 2.11. The third kappa shape index (κ3) is 7.84. The van der Waals surface area contributed by atoms with E-state index in [2.05, 4.69) is 32.5 Å². The monoisotopic (exact) mass is 288 g/mol. The van der Waals surface area contributed by atoms with Crippen molar-refractivity contribution in [3.63, 3.8) is 0 Å². The fraction of sp³-hybridized carbons (Fsp3) is 0.750. The molecule has 7 heteroatoms. The van der Waals surface area contributed by atoms with E-state index < -0.39 is 10.0 Å². The van der Waals surface area contributed by atoms with Crippen molar-refractivity contribution >= 4 is 16.0 Å². The molecule has 0 aromatic rings. The van der Waals surface area contributed by atoms with Gasteiger partial charge in [-0.25, -0.2) is 13.1 Å². The minimum Gasteiger partial charge on any atom is -0.357 e. The van der Waals surface area contributed by atoms with Gasteiger partial charge in [-0.05, 0) is 26.2 Å². The van der Waals surface area contributed by atoms with Crippen molar-refractivity contribution in [3.05, 3.63) is 12.2 Å². The third-order valence-corrected chi connectivity index (χ3v) is 3.39. The summed E-state index contributed by atoms with van der Waals surface area (Å²) in [4.78, 5) is 4.43. The topological polar surface area (TPSA) is 82.6 Å². The second kappa shape index (κ2) is 8.16. The van der Waals surface area contributed by atoms with Crippen molar-refractivity contribution in [2.75, 3.05) is 25.9 Å². The molecule has 0 spiro atoms. The summed E-state index contributed by atoms with van der Waals surface area (Å²) < 4.78 is 24.2. The van der Waals surface area contributed by atoms with E-state index in [-0.39, 0.29) is 0 Å². The molecule has 0 unspecified atom stereocenters. The van der Waals surface area contributed by atoms with Gasteiger partial charge in [-0.1, -0.05) is 12.2 Å². The van der Waals surface area contributed by atoms with E-state index in [0.717, 1.165) is 31.6 Å². The summed E-state index contributed by atoms with van der Waals surface area (Å²) in [7, 11) is -3.09. The van der Waals surface area contributed by atoms with E-state index in [9.17, 15) is 8.42 Å². The maximum atomic E-state index is 10.9. The number of rotatable bonds is 7. The standard InChI is InChI=1S/C12H24N4O2S/c1-3-13-12(16-11-7-4-5-8-11)14-9-6-10-15-19(2,17)18/h4-5,11,15H,3,6-10H2,1-2H3,(H2,13,14,16). The second-order valence-electron chi connectivity index (χ2n) is 4.56. The molecule has 0 aromatic heterocycles. The van der Waals surface area contributed by atoms with Crippen molar-refractivity contribution < 1.29 is 8.42 Å². The van der Waals surface area contributed by atoms with E-state index >= 15 is 0 Å². The molecule has 0 radical (unpaired) electrons. The molecule has 0 atom stereocenters. The van der Waals surface area contributed by atoms with Crippen molar-refractivity contribution in [1.82, 2.24) is 15.4 Å². The van der Waals surface area contributed by atoms with E-state index in [1.807, 2.05) is 6.92 Å². The van der Waals surface area contributed by atoms with E-state index in [1.165, 1.54) is 0 Å². The van der Waals surface area contributed by atoms with Crippen LogP contribution in [0.15, 0.2) is 17.1 Å². The molecule has 0 saturated heterocycles. The maximum absolute atomic E-state index is 10.9. The van der Waals surface area contributed by atoms with Crippen LogP contribution >= 0.6 is 0 Å². The fourth-order valence-electron chi connectivity index (χ4n) is 1.78. The first kappa shape index (κ1) is 16.0. The summed E-state index contributed by atoms with van der Waals surface area (Å²) >= 11 is 0. The molecule has 3 N–H and O–H groups in total. The van der Waals surface area contributed by atoms with Crippen LogP contribution in [0.5, 0.6) is 0 Å². The average molecular weight is 288 g/mol. The van der Waals surface area contributed by atoms with Crippen LogP contribution in [0.25, 0.3) is 0 Å². The van der Waals surface area contributed by atoms with Crippen LogP contribution < -0.4 is 15.4 Å². The fourth-order valence-corrected chi connectivity index (χ4v) is 2.29. The van der Waals surface area contributed by atoms with Crippen LogP contribution in [-0.4, -0.2) is 46.3 Å². The predicted octanol–water partition coefficient (Wildman–Crippen LogP) is 0.199. The minimum atomic E-state index is -3.09. The van der Waals surface area contributed by atoms with Gasteiger partial charge >= 0.3 is 0 Å². The Labute approximate surface area is 115 Å². The number of hydrogen-bond donors (Lipinski definition) is 3. The Bertz CT molecular complexity index is 409. The number of nitrogens with one attached hydrogen (secondary N) is 3. The maximum Gasteiger partial charge on any atom is 0.208 e. The van der Waals surface area contributed by atoms with Crippen LogP contribution in [0.1, 0.15) is 26.2 Å². The van der Waals surface area contributed by atoms with Crippen molar-refractivity contribution in [3.8, 4) is 0 Å². The van der Waals surface area contributed by atoms with Crippen LogP contribution in [-0.2, 0) is 10.0 Å². The van der Waals surface area contributed by atoms with Gasteiger partial charge in [-0.2, -0.15) is 0 Å². The van der Waals surface area contributed by atoms with E-state index in [1.54, 1.807) is 0 Å². The molecule has 19 heavy (non-hydrogen) atoms. The average Bonchev–Trinajstić information content (AvgIpc) is 2.80. The first-order chi connectivity index (χ1) is 9.01. The number of aliphatic imine (C=N–C) groups is 1. The Kier molecular flexibility index (Phi) is 6.86. The van der Waals surface area contributed by atoms with E-state index in [0.29, 0.717) is 25.6 Å². The van der Waals surface area contributed by atoms with Gasteiger partial charge in [0.25, 0.3) is 0 Å². The van der Waals surface area contributed by atoms with Crippen LogP contribution in [0.3, 0.4) is 0 Å². The van der Waals surface area contributed by atoms with Crippen LogP contribution in [0, 0.1) is 0 Å². The SMILES string of the molecule is CCNC(=NCCCNS(C)(=O)=O)NC1CC=CC1. The lowest BCUT2D eigenvalue weighted by molar-refractivity contribution is 0.585. The minimum absolute atomic E-state index is 0.423. The normalized spacial score (nSPS) is 16.8. The van der Waals surface area contributed by atoms with Crippen LogP contribution in [0.4, 0.5) is 0 Å². The second-order valence-corrected chi connectivity index (χ2v) is 6.40. The van der Waals surface area contributed by atoms with Gasteiger partial charge in [-0.3, -0.25) is 4.99 Å².